The Morgan fingerprint density at radius 1 is 1.06 bits per heavy atom. The molecule has 1 aliphatic rings. The molecule has 1 saturated carbocycles. The molecule has 0 unspecified atom stereocenters. The smallest absolute Gasteiger partial charge is 0.296 e. The number of rotatable bonds is 3. The van der Waals surface area contributed by atoms with E-state index in [-0.39, 0.29) is 17.6 Å². The zero-order valence-electron chi connectivity index (χ0n) is 17.1. The van der Waals surface area contributed by atoms with Gasteiger partial charge in [-0.1, -0.05) is 29.8 Å². The van der Waals surface area contributed by atoms with Crippen molar-refractivity contribution in [1.29, 1.82) is 0 Å². The van der Waals surface area contributed by atoms with Crippen LogP contribution < -0.4 is 5.56 Å². The first-order chi connectivity index (χ1) is 15.5. The SMILES string of the molecule is Cn1c(-c2nc3ccccc3n2C2CCC2)nc(-c2nc3c(Cl)cccc3o2)c(O)c1=O. The van der Waals surface area contributed by atoms with Crippen molar-refractivity contribution in [1.82, 2.24) is 24.1 Å². The van der Waals surface area contributed by atoms with Gasteiger partial charge >= 0.3 is 0 Å². The van der Waals surface area contributed by atoms with Crippen molar-refractivity contribution in [2.75, 3.05) is 0 Å². The van der Waals surface area contributed by atoms with E-state index >= 15 is 0 Å². The summed E-state index contributed by atoms with van der Waals surface area (Å²) in [6.07, 6.45) is 3.22. The third-order valence-electron chi connectivity index (χ3n) is 6.07. The first-order valence-corrected chi connectivity index (χ1v) is 10.7. The fraction of sp³-hybridized carbons (Fsp3) is 0.217. The highest BCUT2D eigenvalue weighted by Gasteiger charge is 2.29. The van der Waals surface area contributed by atoms with E-state index in [2.05, 4.69) is 14.5 Å². The molecule has 0 aliphatic heterocycles. The van der Waals surface area contributed by atoms with E-state index < -0.39 is 11.3 Å². The summed E-state index contributed by atoms with van der Waals surface area (Å²) in [6, 6.07) is 13.3. The number of nitrogens with zero attached hydrogens (tertiary/aromatic N) is 5. The molecule has 2 aromatic carbocycles. The van der Waals surface area contributed by atoms with Crippen molar-refractivity contribution < 1.29 is 9.52 Å². The fourth-order valence-electron chi connectivity index (χ4n) is 4.17. The lowest BCUT2D eigenvalue weighted by molar-refractivity contribution is 0.322. The van der Waals surface area contributed by atoms with Crippen molar-refractivity contribution in [2.24, 2.45) is 7.05 Å². The molecule has 3 aromatic heterocycles. The predicted octanol–water partition coefficient (Wildman–Crippen LogP) is 4.69. The molecular formula is C23H18ClN5O3. The van der Waals surface area contributed by atoms with Gasteiger partial charge in [0.15, 0.2) is 22.9 Å². The predicted molar refractivity (Wildman–Crippen MR) is 121 cm³/mol. The van der Waals surface area contributed by atoms with Crippen LogP contribution in [0.1, 0.15) is 25.3 Å². The minimum absolute atomic E-state index is 0.0239. The maximum Gasteiger partial charge on any atom is 0.296 e. The molecule has 0 bridgehead atoms. The zero-order chi connectivity index (χ0) is 22.0. The fourth-order valence-corrected chi connectivity index (χ4v) is 4.38. The normalized spacial score (nSPS) is 14.3. The van der Waals surface area contributed by atoms with E-state index in [1.807, 2.05) is 24.3 Å². The third kappa shape index (κ3) is 2.69. The Morgan fingerprint density at radius 3 is 2.62 bits per heavy atom. The molecule has 6 rings (SSSR count). The Kier molecular flexibility index (Phi) is 4.13. The number of hydrogen-bond donors (Lipinski definition) is 1. The first-order valence-electron chi connectivity index (χ1n) is 10.4. The van der Waals surface area contributed by atoms with Crippen LogP contribution in [-0.2, 0) is 7.05 Å². The number of oxazole rings is 1. The van der Waals surface area contributed by atoms with E-state index in [1.165, 1.54) is 4.57 Å². The summed E-state index contributed by atoms with van der Waals surface area (Å²) in [7, 11) is 1.57. The van der Waals surface area contributed by atoms with Crippen molar-refractivity contribution in [3.63, 3.8) is 0 Å². The van der Waals surface area contributed by atoms with Gasteiger partial charge in [-0.25, -0.2) is 15.0 Å². The van der Waals surface area contributed by atoms with Crippen LogP contribution in [0, 0.1) is 0 Å². The lowest BCUT2D eigenvalue weighted by atomic mass is 9.92. The van der Waals surface area contributed by atoms with Crippen LogP contribution in [0.2, 0.25) is 5.02 Å². The Labute approximate surface area is 186 Å². The van der Waals surface area contributed by atoms with Crippen LogP contribution in [-0.4, -0.2) is 29.2 Å². The number of aromatic nitrogens is 5. The van der Waals surface area contributed by atoms with Gasteiger partial charge < -0.3 is 14.1 Å². The summed E-state index contributed by atoms with van der Waals surface area (Å²) < 4.78 is 9.23. The highest BCUT2D eigenvalue weighted by atomic mass is 35.5. The summed E-state index contributed by atoms with van der Waals surface area (Å²) in [5, 5.41) is 11.0. The summed E-state index contributed by atoms with van der Waals surface area (Å²) in [4.78, 5) is 26.8. The van der Waals surface area contributed by atoms with Crippen LogP contribution in [0.5, 0.6) is 5.75 Å². The maximum atomic E-state index is 13.0. The molecule has 0 saturated heterocycles. The maximum absolute atomic E-state index is 13.0. The van der Waals surface area contributed by atoms with E-state index in [1.54, 1.807) is 25.2 Å². The lowest BCUT2D eigenvalue weighted by Gasteiger charge is -2.29. The summed E-state index contributed by atoms with van der Waals surface area (Å²) in [5.74, 6) is 0.395. The van der Waals surface area contributed by atoms with Gasteiger partial charge in [0.2, 0.25) is 5.75 Å². The lowest BCUT2D eigenvalue weighted by Crippen LogP contribution is -2.24. The number of imidazole rings is 1. The molecule has 160 valence electrons. The van der Waals surface area contributed by atoms with Gasteiger partial charge in [-0.2, -0.15) is 0 Å². The van der Waals surface area contributed by atoms with Gasteiger partial charge in [-0.3, -0.25) is 9.36 Å². The molecule has 32 heavy (non-hydrogen) atoms. The zero-order valence-corrected chi connectivity index (χ0v) is 17.9. The third-order valence-corrected chi connectivity index (χ3v) is 6.38. The summed E-state index contributed by atoms with van der Waals surface area (Å²) in [6.45, 7) is 0. The molecule has 3 heterocycles. The van der Waals surface area contributed by atoms with Crippen LogP contribution in [0.25, 0.3) is 45.4 Å². The number of aromatic hydroxyl groups is 1. The molecule has 0 amide bonds. The molecule has 1 aliphatic carbocycles. The molecule has 0 spiro atoms. The van der Waals surface area contributed by atoms with E-state index in [4.69, 9.17) is 21.0 Å². The van der Waals surface area contributed by atoms with Crippen LogP contribution in [0.15, 0.2) is 51.7 Å². The Hall–Kier alpha value is -3.65. The van der Waals surface area contributed by atoms with E-state index in [0.717, 1.165) is 30.3 Å². The first kappa shape index (κ1) is 19.1. The second-order valence-electron chi connectivity index (χ2n) is 7.98. The molecule has 9 heteroatoms. The molecular weight excluding hydrogens is 430 g/mol. The highest BCUT2D eigenvalue weighted by Crippen LogP contribution is 2.39. The second-order valence-corrected chi connectivity index (χ2v) is 8.39. The van der Waals surface area contributed by atoms with Crippen molar-refractivity contribution in [3.8, 4) is 29.0 Å². The minimum Gasteiger partial charge on any atom is -0.501 e. The number of benzene rings is 2. The Morgan fingerprint density at radius 2 is 1.88 bits per heavy atom. The molecule has 1 fully saturated rings. The number of fused-ring (bicyclic) bond motifs is 2. The average molecular weight is 448 g/mol. The quantitative estimate of drug-likeness (QED) is 0.430. The minimum atomic E-state index is -0.606. The molecule has 8 nitrogen and oxygen atoms in total. The topological polar surface area (TPSA) is 99.0 Å². The summed E-state index contributed by atoms with van der Waals surface area (Å²) >= 11 is 6.22. The summed E-state index contributed by atoms with van der Waals surface area (Å²) in [5.41, 5.74) is 2.05. The standard InChI is InChI=1S/C23H18ClN5O3/c1-28-20(21-25-14-9-2-3-10-15(14)29(21)12-6-4-7-12)26-18(19(30)23(28)31)22-27-17-13(24)8-5-11-16(17)32-22/h2-3,5,8-12,30H,4,6-7H2,1H3. The van der Waals surface area contributed by atoms with Gasteiger partial charge in [0, 0.05) is 13.1 Å². The van der Waals surface area contributed by atoms with Gasteiger partial charge in [0.25, 0.3) is 11.4 Å². The van der Waals surface area contributed by atoms with Crippen LogP contribution in [0.4, 0.5) is 0 Å². The van der Waals surface area contributed by atoms with Gasteiger partial charge in [-0.15, -0.1) is 0 Å². The Balaban J connectivity index is 1.62. The second kappa shape index (κ2) is 6.93. The largest absolute Gasteiger partial charge is 0.501 e. The number of hydrogen-bond acceptors (Lipinski definition) is 6. The molecule has 5 aromatic rings. The van der Waals surface area contributed by atoms with Gasteiger partial charge in [0.05, 0.1) is 16.1 Å². The number of halogens is 1. The molecule has 0 radical (unpaired) electrons. The van der Waals surface area contributed by atoms with Crippen molar-refractivity contribution in [2.45, 2.75) is 25.3 Å². The van der Waals surface area contributed by atoms with Crippen LogP contribution in [0.3, 0.4) is 0 Å². The average Bonchev–Trinajstić information content (AvgIpc) is 3.34. The highest BCUT2D eigenvalue weighted by molar-refractivity contribution is 6.34. The van der Waals surface area contributed by atoms with Gasteiger partial charge in [-0.05, 0) is 43.5 Å². The van der Waals surface area contributed by atoms with E-state index in [0.29, 0.717) is 27.8 Å². The van der Waals surface area contributed by atoms with Gasteiger partial charge in [0.1, 0.15) is 5.52 Å². The number of para-hydroxylation sites is 3. The van der Waals surface area contributed by atoms with Crippen molar-refractivity contribution in [3.05, 3.63) is 57.8 Å². The van der Waals surface area contributed by atoms with Crippen LogP contribution >= 0.6 is 11.6 Å². The monoisotopic (exact) mass is 447 g/mol. The van der Waals surface area contributed by atoms with Crippen molar-refractivity contribution >= 4 is 33.7 Å². The van der Waals surface area contributed by atoms with E-state index in [9.17, 15) is 9.90 Å². The molecule has 1 N–H and O–H groups in total. The molecule has 0 atom stereocenters. The Bertz CT molecular complexity index is 1580.